The normalized spacial score (nSPS) is 12.1. The van der Waals surface area contributed by atoms with Crippen LogP contribution in [0.3, 0.4) is 0 Å². The highest BCUT2D eigenvalue weighted by Gasteiger charge is 2.24. The van der Waals surface area contributed by atoms with Crippen LogP contribution in [0.4, 0.5) is 0 Å². The van der Waals surface area contributed by atoms with Crippen LogP contribution in [-0.2, 0) is 10.0 Å². The van der Waals surface area contributed by atoms with E-state index in [1.807, 2.05) is 26.0 Å². The lowest BCUT2D eigenvalue weighted by Gasteiger charge is -2.21. The van der Waals surface area contributed by atoms with E-state index in [9.17, 15) is 8.42 Å². The number of benzene rings is 1. The molecule has 0 aliphatic heterocycles. The van der Waals surface area contributed by atoms with Gasteiger partial charge < -0.3 is 5.11 Å². The molecule has 0 aliphatic carbocycles. The second kappa shape index (κ2) is 6.31. The molecule has 102 valence electrons. The van der Waals surface area contributed by atoms with Gasteiger partial charge in [0.1, 0.15) is 0 Å². The van der Waals surface area contributed by atoms with Crippen LogP contribution in [0.15, 0.2) is 23.1 Å². The largest absolute Gasteiger partial charge is 0.395 e. The molecule has 0 saturated heterocycles. The quantitative estimate of drug-likeness (QED) is 0.856. The van der Waals surface area contributed by atoms with Crippen LogP contribution in [-0.4, -0.2) is 37.5 Å². The molecule has 1 rings (SSSR count). The molecule has 0 radical (unpaired) electrons. The Kier molecular flexibility index (Phi) is 5.31. The van der Waals surface area contributed by atoms with Crippen LogP contribution in [0.25, 0.3) is 0 Å². The fourth-order valence-corrected chi connectivity index (χ4v) is 3.67. The summed E-state index contributed by atoms with van der Waals surface area (Å²) in [5, 5.41) is 8.99. The molecular formula is C13H21NO3S. The van der Waals surface area contributed by atoms with E-state index >= 15 is 0 Å². The summed E-state index contributed by atoms with van der Waals surface area (Å²) in [7, 11) is -3.51. The highest BCUT2D eigenvalue weighted by Crippen LogP contribution is 2.21. The topological polar surface area (TPSA) is 57.6 Å². The second-order valence-electron chi connectivity index (χ2n) is 4.40. The molecule has 0 unspecified atom stereocenters. The van der Waals surface area contributed by atoms with Crippen LogP contribution in [0.1, 0.15) is 24.5 Å². The first-order valence-corrected chi connectivity index (χ1v) is 7.55. The summed E-state index contributed by atoms with van der Waals surface area (Å²) in [6.07, 6.45) is 0.726. The molecular weight excluding hydrogens is 250 g/mol. The summed E-state index contributed by atoms with van der Waals surface area (Å²) in [5.74, 6) is 0. The molecule has 0 bridgehead atoms. The number of rotatable bonds is 6. The number of sulfonamides is 1. The summed E-state index contributed by atoms with van der Waals surface area (Å²) in [5.41, 5.74) is 1.65. The number of aryl methyl sites for hydroxylation is 2. The van der Waals surface area contributed by atoms with Crippen LogP contribution < -0.4 is 0 Å². The second-order valence-corrected chi connectivity index (χ2v) is 6.30. The predicted octanol–water partition coefficient (Wildman–Crippen LogP) is 1.70. The van der Waals surface area contributed by atoms with Gasteiger partial charge in [-0.05, 0) is 37.5 Å². The number of aliphatic hydroxyl groups is 1. The van der Waals surface area contributed by atoms with Crippen molar-refractivity contribution in [3.8, 4) is 0 Å². The van der Waals surface area contributed by atoms with Crippen molar-refractivity contribution in [1.29, 1.82) is 0 Å². The van der Waals surface area contributed by atoms with E-state index in [0.29, 0.717) is 11.4 Å². The zero-order valence-corrected chi connectivity index (χ0v) is 12.0. The van der Waals surface area contributed by atoms with Gasteiger partial charge >= 0.3 is 0 Å². The molecule has 1 aromatic carbocycles. The van der Waals surface area contributed by atoms with Gasteiger partial charge in [-0.15, -0.1) is 0 Å². The maximum atomic E-state index is 12.5. The summed E-state index contributed by atoms with van der Waals surface area (Å²) in [4.78, 5) is 0.337. The van der Waals surface area contributed by atoms with E-state index in [0.717, 1.165) is 17.5 Å². The summed E-state index contributed by atoms with van der Waals surface area (Å²) < 4.78 is 26.3. The molecule has 0 saturated carbocycles. The molecule has 5 heteroatoms. The molecule has 1 N–H and O–H groups in total. The van der Waals surface area contributed by atoms with E-state index in [4.69, 9.17) is 5.11 Å². The third-order valence-corrected chi connectivity index (χ3v) is 4.82. The molecule has 0 fully saturated rings. The maximum Gasteiger partial charge on any atom is 0.243 e. The molecule has 1 aromatic rings. The van der Waals surface area contributed by atoms with Crippen molar-refractivity contribution in [3.05, 3.63) is 29.3 Å². The van der Waals surface area contributed by atoms with Crippen molar-refractivity contribution in [1.82, 2.24) is 4.31 Å². The third kappa shape index (κ3) is 3.31. The molecule has 0 spiro atoms. The fourth-order valence-electron chi connectivity index (χ4n) is 1.84. The first kappa shape index (κ1) is 15.1. The van der Waals surface area contributed by atoms with Crippen molar-refractivity contribution in [2.45, 2.75) is 32.1 Å². The SMILES string of the molecule is CCCN(CCO)S(=O)(=O)c1cc(C)ccc1C. The van der Waals surface area contributed by atoms with Crippen molar-refractivity contribution in [3.63, 3.8) is 0 Å². The lowest BCUT2D eigenvalue weighted by atomic mass is 10.2. The van der Waals surface area contributed by atoms with Crippen molar-refractivity contribution in [2.75, 3.05) is 19.7 Å². The molecule has 18 heavy (non-hydrogen) atoms. The summed E-state index contributed by atoms with van der Waals surface area (Å²) in [6, 6.07) is 5.39. The lowest BCUT2D eigenvalue weighted by molar-refractivity contribution is 0.253. The van der Waals surface area contributed by atoms with Crippen molar-refractivity contribution >= 4 is 10.0 Å². The van der Waals surface area contributed by atoms with Crippen LogP contribution in [0.2, 0.25) is 0 Å². The van der Waals surface area contributed by atoms with Gasteiger partial charge in [-0.3, -0.25) is 0 Å². The summed E-state index contributed by atoms with van der Waals surface area (Å²) in [6.45, 7) is 5.98. The van der Waals surface area contributed by atoms with E-state index < -0.39 is 10.0 Å². The lowest BCUT2D eigenvalue weighted by Crippen LogP contribution is -2.34. The Hall–Kier alpha value is -0.910. The average Bonchev–Trinajstić information content (AvgIpc) is 2.32. The van der Waals surface area contributed by atoms with Crippen molar-refractivity contribution < 1.29 is 13.5 Å². The zero-order valence-electron chi connectivity index (χ0n) is 11.2. The minimum Gasteiger partial charge on any atom is -0.395 e. The first-order valence-electron chi connectivity index (χ1n) is 6.11. The third-order valence-electron chi connectivity index (χ3n) is 2.78. The zero-order chi connectivity index (χ0) is 13.8. The number of hydrogen-bond donors (Lipinski definition) is 1. The Morgan fingerprint density at radius 1 is 1.22 bits per heavy atom. The highest BCUT2D eigenvalue weighted by molar-refractivity contribution is 7.89. The van der Waals surface area contributed by atoms with Gasteiger partial charge in [0.05, 0.1) is 11.5 Å². The first-order chi connectivity index (χ1) is 8.43. The monoisotopic (exact) mass is 271 g/mol. The van der Waals surface area contributed by atoms with Gasteiger partial charge in [-0.25, -0.2) is 8.42 Å². The molecule has 0 aliphatic rings. The van der Waals surface area contributed by atoms with Gasteiger partial charge in [0.2, 0.25) is 10.0 Å². The Morgan fingerprint density at radius 2 is 1.89 bits per heavy atom. The minimum atomic E-state index is -3.51. The van der Waals surface area contributed by atoms with Crippen LogP contribution in [0.5, 0.6) is 0 Å². The smallest absolute Gasteiger partial charge is 0.243 e. The van der Waals surface area contributed by atoms with Gasteiger partial charge in [0.15, 0.2) is 0 Å². The standard InChI is InChI=1S/C13H21NO3S/c1-4-7-14(8-9-15)18(16,17)13-10-11(2)5-6-12(13)3/h5-6,10,15H,4,7-9H2,1-3H3. The van der Waals surface area contributed by atoms with E-state index in [2.05, 4.69) is 0 Å². The van der Waals surface area contributed by atoms with Gasteiger partial charge in [-0.1, -0.05) is 19.1 Å². The van der Waals surface area contributed by atoms with Gasteiger partial charge in [0, 0.05) is 13.1 Å². The van der Waals surface area contributed by atoms with Gasteiger partial charge in [0.25, 0.3) is 0 Å². The maximum absolute atomic E-state index is 12.5. The average molecular weight is 271 g/mol. The molecule has 4 nitrogen and oxygen atoms in total. The van der Waals surface area contributed by atoms with Crippen LogP contribution >= 0.6 is 0 Å². The fraction of sp³-hybridized carbons (Fsp3) is 0.538. The number of aliphatic hydroxyl groups excluding tert-OH is 1. The van der Waals surface area contributed by atoms with E-state index in [-0.39, 0.29) is 13.2 Å². The van der Waals surface area contributed by atoms with E-state index in [1.165, 1.54) is 4.31 Å². The summed E-state index contributed by atoms with van der Waals surface area (Å²) >= 11 is 0. The number of nitrogens with zero attached hydrogens (tertiary/aromatic N) is 1. The van der Waals surface area contributed by atoms with Gasteiger partial charge in [-0.2, -0.15) is 4.31 Å². The Labute approximate surface area is 109 Å². The Balaban J connectivity index is 3.21. The van der Waals surface area contributed by atoms with Crippen molar-refractivity contribution in [2.24, 2.45) is 0 Å². The molecule has 0 aromatic heterocycles. The Morgan fingerprint density at radius 3 is 2.44 bits per heavy atom. The van der Waals surface area contributed by atoms with Crippen LogP contribution in [0, 0.1) is 13.8 Å². The molecule has 0 amide bonds. The number of hydrogen-bond acceptors (Lipinski definition) is 3. The highest BCUT2D eigenvalue weighted by atomic mass is 32.2. The predicted molar refractivity (Wildman–Crippen MR) is 72.1 cm³/mol. The molecule has 0 heterocycles. The Bertz CT molecular complexity index is 491. The minimum absolute atomic E-state index is 0.142. The molecule has 0 atom stereocenters. The van der Waals surface area contributed by atoms with E-state index in [1.54, 1.807) is 13.0 Å².